The lowest BCUT2D eigenvalue weighted by molar-refractivity contribution is -0.384. The van der Waals surface area contributed by atoms with Gasteiger partial charge in [0, 0.05) is 23.4 Å². The van der Waals surface area contributed by atoms with Gasteiger partial charge in [0.1, 0.15) is 0 Å². The summed E-state index contributed by atoms with van der Waals surface area (Å²) in [7, 11) is -3.79. The van der Waals surface area contributed by atoms with E-state index in [0.29, 0.717) is 11.3 Å². The van der Waals surface area contributed by atoms with Crippen molar-refractivity contribution in [2.45, 2.75) is 11.8 Å². The molecule has 3 aromatic carbocycles. The fourth-order valence-electron chi connectivity index (χ4n) is 2.59. The lowest BCUT2D eigenvalue weighted by atomic mass is 10.1. The molecule has 0 aliphatic carbocycles. The van der Waals surface area contributed by atoms with Crippen LogP contribution >= 0.6 is 0 Å². The molecule has 0 heterocycles. The first-order chi connectivity index (χ1) is 13.8. The number of hydrogen-bond donors (Lipinski definition) is 2. The molecule has 2 N–H and O–H groups in total. The number of nitrogens with one attached hydrogen (secondary N) is 2. The summed E-state index contributed by atoms with van der Waals surface area (Å²) in [6.45, 7) is 1.71. The van der Waals surface area contributed by atoms with Crippen LogP contribution in [0.15, 0.2) is 77.7 Å². The third-order valence-corrected chi connectivity index (χ3v) is 5.51. The summed E-state index contributed by atoms with van der Waals surface area (Å²) in [4.78, 5) is 23.1. The molecule has 29 heavy (non-hydrogen) atoms. The first kappa shape index (κ1) is 20.0. The van der Waals surface area contributed by atoms with Gasteiger partial charge >= 0.3 is 0 Å². The lowest BCUT2D eigenvalue weighted by Crippen LogP contribution is -2.15. The smallest absolute Gasteiger partial charge is 0.271 e. The second-order valence-corrected chi connectivity index (χ2v) is 7.89. The molecule has 3 aromatic rings. The number of anilines is 2. The molecule has 0 saturated heterocycles. The number of sulfonamides is 1. The maximum Gasteiger partial charge on any atom is 0.271 e. The third-order valence-electron chi connectivity index (χ3n) is 4.11. The number of carbonyl (C=O) groups is 1. The molecule has 0 fully saturated rings. The highest BCUT2D eigenvalue weighted by Gasteiger charge is 2.16. The lowest BCUT2D eigenvalue weighted by Gasteiger charge is -2.11. The van der Waals surface area contributed by atoms with E-state index in [0.717, 1.165) is 0 Å². The van der Waals surface area contributed by atoms with Crippen molar-refractivity contribution < 1.29 is 18.1 Å². The highest BCUT2D eigenvalue weighted by atomic mass is 32.2. The van der Waals surface area contributed by atoms with Crippen LogP contribution in [0, 0.1) is 17.0 Å². The number of nitro benzene ring substituents is 1. The summed E-state index contributed by atoms with van der Waals surface area (Å²) in [5.74, 6) is -0.519. The molecule has 8 nitrogen and oxygen atoms in total. The molecule has 0 unspecified atom stereocenters. The van der Waals surface area contributed by atoms with E-state index >= 15 is 0 Å². The summed E-state index contributed by atoms with van der Waals surface area (Å²) < 4.78 is 27.3. The van der Waals surface area contributed by atoms with Gasteiger partial charge in [-0.3, -0.25) is 19.6 Å². The standard InChI is InChI=1S/C20H17N3O5S/c1-14-10-11-17(23(25)26)13-19(14)21-20(24)15-6-5-7-16(12-15)22-29(27,28)18-8-3-2-4-9-18/h2-13,22H,1H3,(H,21,24). The number of non-ortho nitro benzene ring substituents is 1. The van der Waals surface area contributed by atoms with Gasteiger partial charge in [-0.05, 0) is 42.8 Å². The molecular formula is C20H17N3O5S. The summed E-state index contributed by atoms with van der Waals surface area (Å²) in [6, 6.07) is 18.0. The average Bonchev–Trinajstić information content (AvgIpc) is 2.70. The number of benzene rings is 3. The maximum absolute atomic E-state index is 12.6. The molecule has 0 radical (unpaired) electrons. The van der Waals surface area contributed by atoms with E-state index in [1.165, 1.54) is 54.6 Å². The molecule has 0 aromatic heterocycles. The SMILES string of the molecule is Cc1ccc([N+](=O)[O-])cc1NC(=O)c1cccc(NS(=O)(=O)c2ccccc2)c1. The Morgan fingerprint density at radius 2 is 1.69 bits per heavy atom. The molecule has 148 valence electrons. The van der Waals surface area contributed by atoms with Gasteiger partial charge in [0.05, 0.1) is 15.5 Å². The fourth-order valence-corrected chi connectivity index (χ4v) is 3.66. The molecule has 0 atom stereocenters. The van der Waals surface area contributed by atoms with Crippen LogP contribution in [0.25, 0.3) is 0 Å². The highest BCUT2D eigenvalue weighted by Crippen LogP contribution is 2.23. The van der Waals surface area contributed by atoms with E-state index in [-0.39, 0.29) is 21.8 Å². The molecule has 0 aliphatic heterocycles. The van der Waals surface area contributed by atoms with Gasteiger partial charge in [-0.1, -0.05) is 30.3 Å². The Morgan fingerprint density at radius 1 is 0.966 bits per heavy atom. The fraction of sp³-hybridized carbons (Fsp3) is 0.0500. The van der Waals surface area contributed by atoms with Crippen LogP contribution < -0.4 is 10.0 Å². The number of nitro groups is 1. The maximum atomic E-state index is 12.6. The number of carbonyl (C=O) groups excluding carboxylic acids is 1. The van der Waals surface area contributed by atoms with Crippen molar-refractivity contribution >= 4 is 33.0 Å². The Kier molecular flexibility index (Phi) is 5.60. The van der Waals surface area contributed by atoms with Crippen LogP contribution in [0.5, 0.6) is 0 Å². The third kappa shape index (κ3) is 4.77. The Labute approximate surface area is 167 Å². The largest absolute Gasteiger partial charge is 0.321 e. The highest BCUT2D eigenvalue weighted by molar-refractivity contribution is 7.92. The molecule has 1 amide bonds. The number of nitrogens with zero attached hydrogens (tertiary/aromatic N) is 1. The first-order valence-corrected chi connectivity index (χ1v) is 9.99. The van der Waals surface area contributed by atoms with Crippen molar-refractivity contribution in [3.05, 3.63) is 94.0 Å². The van der Waals surface area contributed by atoms with Crippen LogP contribution in [0.3, 0.4) is 0 Å². The van der Waals surface area contributed by atoms with E-state index in [2.05, 4.69) is 10.0 Å². The predicted molar refractivity (Wildman–Crippen MR) is 109 cm³/mol. The van der Waals surface area contributed by atoms with Gasteiger partial charge < -0.3 is 5.32 Å². The van der Waals surface area contributed by atoms with Gasteiger partial charge in [0.2, 0.25) is 0 Å². The monoisotopic (exact) mass is 411 g/mol. The Hall–Kier alpha value is -3.72. The van der Waals surface area contributed by atoms with Crippen molar-refractivity contribution in [1.29, 1.82) is 0 Å². The molecule has 0 saturated carbocycles. The Bertz CT molecular complexity index is 1180. The van der Waals surface area contributed by atoms with Crippen molar-refractivity contribution in [3.63, 3.8) is 0 Å². The van der Waals surface area contributed by atoms with E-state index in [1.807, 2.05) is 0 Å². The zero-order valence-electron chi connectivity index (χ0n) is 15.3. The quantitative estimate of drug-likeness (QED) is 0.470. The number of amides is 1. The first-order valence-electron chi connectivity index (χ1n) is 8.50. The summed E-state index contributed by atoms with van der Waals surface area (Å²) in [5.41, 5.74) is 1.24. The van der Waals surface area contributed by atoms with Gasteiger partial charge in [0.15, 0.2) is 0 Å². The number of aryl methyl sites for hydroxylation is 1. The zero-order valence-corrected chi connectivity index (χ0v) is 16.1. The number of rotatable bonds is 6. The molecular weight excluding hydrogens is 394 g/mol. The van der Waals surface area contributed by atoms with Gasteiger partial charge in [-0.25, -0.2) is 8.42 Å². The number of hydrogen-bond acceptors (Lipinski definition) is 5. The zero-order chi connectivity index (χ0) is 21.0. The van der Waals surface area contributed by atoms with Crippen LogP contribution in [0.1, 0.15) is 15.9 Å². The van der Waals surface area contributed by atoms with Crippen molar-refractivity contribution in [3.8, 4) is 0 Å². The van der Waals surface area contributed by atoms with Crippen LogP contribution in [-0.2, 0) is 10.0 Å². The van der Waals surface area contributed by atoms with E-state index in [4.69, 9.17) is 0 Å². The summed E-state index contributed by atoms with van der Waals surface area (Å²) in [6.07, 6.45) is 0. The summed E-state index contributed by atoms with van der Waals surface area (Å²) in [5, 5.41) is 13.6. The Morgan fingerprint density at radius 3 is 2.38 bits per heavy atom. The van der Waals surface area contributed by atoms with E-state index in [1.54, 1.807) is 25.1 Å². The van der Waals surface area contributed by atoms with Gasteiger partial charge in [-0.15, -0.1) is 0 Å². The van der Waals surface area contributed by atoms with Crippen molar-refractivity contribution in [1.82, 2.24) is 0 Å². The van der Waals surface area contributed by atoms with Crippen LogP contribution in [0.2, 0.25) is 0 Å². The minimum atomic E-state index is -3.79. The van der Waals surface area contributed by atoms with Crippen molar-refractivity contribution in [2.24, 2.45) is 0 Å². The average molecular weight is 411 g/mol. The van der Waals surface area contributed by atoms with Crippen LogP contribution in [0.4, 0.5) is 17.1 Å². The summed E-state index contributed by atoms with van der Waals surface area (Å²) >= 11 is 0. The van der Waals surface area contributed by atoms with Crippen molar-refractivity contribution in [2.75, 3.05) is 10.0 Å². The predicted octanol–water partition coefficient (Wildman–Crippen LogP) is 3.96. The van der Waals surface area contributed by atoms with Crippen LogP contribution in [-0.4, -0.2) is 19.2 Å². The molecule has 3 rings (SSSR count). The second kappa shape index (κ2) is 8.11. The second-order valence-electron chi connectivity index (χ2n) is 6.21. The topological polar surface area (TPSA) is 118 Å². The van der Waals surface area contributed by atoms with Gasteiger partial charge in [0.25, 0.3) is 21.6 Å². The molecule has 0 spiro atoms. The normalized spacial score (nSPS) is 10.9. The molecule has 9 heteroatoms. The van der Waals surface area contributed by atoms with E-state index in [9.17, 15) is 23.3 Å². The minimum absolute atomic E-state index is 0.0991. The van der Waals surface area contributed by atoms with Gasteiger partial charge in [-0.2, -0.15) is 0 Å². The Balaban J connectivity index is 1.82. The van der Waals surface area contributed by atoms with E-state index < -0.39 is 20.9 Å². The molecule has 0 aliphatic rings. The minimum Gasteiger partial charge on any atom is -0.321 e. The molecule has 0 bridgehead atoms.